The molecule has 3 rings (SSSR count). The van der Waals surface area contributed by atoms with Crippen LogP contribution in [-0.2, 0) is 19.6 Å². The van der Waals surface area contributed by atoms with Crippen LogP contribution in [0.25, 0.3) is 6.08 Å². The van der Waals surface area contributed by atoms with E-state index in [2.05, 4.69) is 10.2 Å². The molecule has 2 fully saturated rings. The topological polar surface area (TPSA) is 113 Å². The number of primary amides is 1. The first kappa shape index (κ1) is 22.3. The quantitative estimate of drug-likeness (QED) is 0.467. The Labute approximate surface area is 178 Å². The fraction of sp³-hybridized carbons (Fsp3) is 0.524. The van der Waals surface area contributed by atoms with E-state index in [1.807, 2.05) is 0 Å². The third-order valence-electron chi connectivity index (χ3n) is 5.57. The maximum absolute atomic E-state index is 12.0. The summed E-state index contributed by atoms with van der Waals surface area (Å²) in [5.74, 6) is -0.269. The number of hydrogen-bond acceptors (Lipinski definition) is 5. The minimum atomic E-state index is -3.18. The van der Waals surface area contributed by atoms with Crippen molar-refractivity contribution in [2.45, 2.75) is 25.7 Å². The zero-order chi connectivity index (χ0) is 21.6. The summed E-state index contributed by atoms with van der Waals surface area (Å²) in [6.45, 7) is 3.58. The van der Waals surface area contributed by atoms with E-state index >= 15 is 0 Å². The maximum atomic E-state index is 12.0. The largest absolute Gasteiger partial charge is 0.369 e. The normalized spacial score (nSPS) is 21.7. The molecule has 8 nitrogen and oxygen atoms in total. The van der Waals surface area contributed by atoms with Crippen LogP contribution >= 0.6 is 0 Å². The summed E-state index contributed by atoms with van der Waals surface area (Å²) in [7, 11) is -3.18. The number of hydrogen-bond donors (Lipinski definition) is 2. The van der Waals surface area contributed by atoms with Crippen molar-refractivity contribution in [3.8, 4) is 0 Å². The fourth-order valence-electron chi connectivity index (χ4n) is 3.92. The van der Waals surface area contributed by atoms with E-state index in [9.17, 15) is 18.0 Å². The molecule has 2 aliphatic heterocycles. The third kappa shape index (κ3) is 6.06. The van der Waals surface area contributed by atoms with Crippen LogP contribution in [0.15, 0.2) is 30.3 Å². The zero-order valence-electron chi connectivity index (χ0n) is 17.1. The van der Waals surface area contributed by atoms with Gasteiger partial charge in [0.25, 0.3) is 0 Å². The van der Waals surface area contributed by atoms with Gasteiger partial charge in [0, 0.05) is 25.7 Å². The van der Waals surface area contributed by atoms with Crippen LogP contribution in [0.1, 0.15) is 31.2 Å². The highest BCUT2D eigenvalue weighted by Gasteiger charge is 2.28. The SMILES string of the molecule is NC(=O)C1CCCN(CCCNC(=O)/C=C/c2ccc(N3CCCS3(=O)=O)cc2)C1. The Balaban J connectivity index is 1.39. The van der Waals surface area contributed by atoms with Crippen molar-refractivity contribution in [2.24, 2.45) is 11.7 Å². The molecule has 1 unspecified atom stereocenters. The Morgan fingerprint density at radius 3 is 2.60 bits per heavy atom. The molecule has 30 heavy (non-hydrogen) atoms. The number of rotatable bonds is 8. The minimum Gasteiger partial charge on any atom is -0.369 e. The van der Waals surface area contributed by atoms with Crippen molar-refractivity contribution < 1.29 is 18.0 Å². The molecule has 0 saturated carbocycles. The average molecular weight is 435 g/mol. The van der Waals surface area contributed by atoms with Crippen LogP contribution < -0.4 is 15.4 Å². The van der Waals surface area contributed by atoms with Gasteiger partial charge in [0.1, 0.15) is 0 Å². The number of sulfonamides is 1. The van der Waals surface area contributed by atoms with Gasteiger partial charge in [-0.05, 0) is 62.5 Å². The van der Waals surface area contributed by atoms with Gasteiger partial charge >= 0.3 is 0 Å². The second-order valence-corrected chi connectivity index (χ2v) is 9.87. The summed E-state index contributed by atoms with van der Waals surface area (Å²) in [5, 5.41) is 2.86. The maximum Gasteiger partial charge on any atom is 0.243 e. The molecule has 2 heterocycles. The van der Waals surface area contributed by atoms with Crippen LogP contribution in [0.2, 0.25) is 0 Å². The number of carbonyl (C=O) groups excluding carboxylic acids is 2. The van der Waals surface area contributed by atoms with Gasteiger partial charge in [0.15, 0.2) is 0 Å². The highest BCUT2D eigenvalue weighted by molar-refractivity contribution is 7.93. The first-order chi connectivity index (χ1) is 14.3. The number of nitrogens with two attached hydrogens (primary N) is 1. The molecule has 164 valence electrons. The number of nitrogens with one attached hydrogen (secondary N) is 1. The van der Waals surface area contributed by atoms with Crippen LogP contribution in [-0.4, -0.2) is 63.6 Å². The van der Waals surface area contributed by atoms with Gasteiger partial charge in [-0.25, -0.2) is 8.42 Å². The summed E-state index contributed by atoms with van der Waals surface area (Å²) in [6.07, 6.45) is 6.48. The van der Waals surface area contributed by atoms with E-state index in [-0.39, 0.29) is 23.5 Å². The lowest BCUT2D eigenvalue weighted by atomic mass is 9.97. The summed E-state index contributed by atoms with van der Waals surface area (Å²) in [5.41, 5.74) is 6.89. The first-order valence-corrected chi connectivity index (χ1v) is 12.0. The lowest BCUT2D eigenvalue weighted by molar-refractivity contribution is -0.123. The molecule has 9 heteroatoms. The number of anilines is 1. The summed E-state index contributed by atoms with van der Waals surface area (Å²) >= 11 is 0. The number of benzene rings is 1. The van der Waals surface area contributed by atoms with Gasteiger partial charge in [0.05, 0.1) is 17.4 Å². The second-order valence-electron chi connectivity index (χ2n) is 7.85. The van der Waals surface area contributed by atoms with Crippen LogP contribution in [0.3, 0.4) is 0 Å². The Morgan fingerprint density at radius 1 is 1.17 bits per heavy atom. The van der Waals surface area contributed by atoms with E-state index in [1.54, 1.807) is 30.3 Å². The van der Waals surface area contributed by atoms with Crippen LogP contribution in [0.5, 0.6) is 0 Å². The van der Waals surface area contributed by atoms with Crippen molar-refractivity contribution in [1.29, 1.82) is 0 Å². The zero-order valence-corrected chi connectivity index (χ0v) is 17.9. The molecule has 0 radical (unpaired) electrons. The number of likely N-dealkylation sites (tertiary alicyclic amines) is 1. The standard InChI is InChI=1S/C21H30N4O4S/c22-21(27)18-4-1-12-24(16-18)13-2-11-23-20(26)10-7-17-5-8-19(9-6-17)25-14-3-15-30(25,28)29/h5-10,18H,1-4,11-16H2,(H2,22,27)(H,23,26)/b10-7+. The smallest absolute Gasteiger partial charge is 0.243 e. The molecule has 2 aliphatic rings. The lowest BCUT2D eigenvalue weighted by Gasteiger charge is -2.31. The van der Waals surface area contributed by atoms with Crippen LogP contribution in [0.4, 0.5) is 5.69 Å². The highest BCUT2D eigenvalue weighted by Crippen LogP contribution is 2.24. The van der Waals surface area contributed by atoms with Crippen molar-refractivity contribution in [1.82, 2.24) is 10.2 Å². The number of nitrogens with zero attached hydrogens (tertiary/aromatic N) is 2. The molecule has 0 aromatic heterocycles. The van der Waals surface area contributed by atoms with Gasteiger partial charge in [-0.15, -0.1) is 0 Å². The van der Waals surface area contributed by atoms with Crippen LogP contribution in [0, 0.1) is 5.92 Å². The van der Waals surface area contributed by atoms with E-state index in [0.717, 1.165) is 37.9 Å². The Morgan fingerprint density at radius 2 is 1.93 bits per heavy atom. The molecular formula is C21H30N4O4S. The Hall–Kier alpha value is -2.39. The number of piperidine rings is 1. The van der Waals surface area contributed by atoms with E-state index < -0.39 is 10.0 Å². The predicted molar refractivity (Wildman–Crippen MR) is 117 cm³/mol. The molecule has 1 aromatic rings. The molecule has 0 aliphatic carbocycles. The van der Waals surface area contributed by atoms with E-state index in [1.165, 1.54) is 10.4 Å². The molecular weight excluding hydrogens is 404 g/mol. The molecule has 2 saturated heterocycles. The summed E-state index contributed by atoms with van der Waals surface area (Å²) < 4.78 is 25.4. The van der Waals surface area contributed by atoms with Crippen molar-refractivity contribution in [3.05, 3.63) is 35.9 Å². The van der Waals surface area contributed by atoms with Gasteiger partial charge in [-0.2, -0.15) is 0 Å². The minimum absolute atomic E-state index is 0.0618. The van der Waals surface area contributed by atoms with Crippen molar-refractivity contribution >= 4 is 33.6 Å². The average Bonchev–Trinajstić information content (AvgIpc) is 3.09. The van der Waals surface area contributed by atoms with E-state index in [4.69, 9.17) is 5.73 Å². The predicted octanol–water partition coefficient (Wildman–Crippen LogP) is 0.943. The molecule has 0 spiro atoms. The molecule has 2 amide bonds. The Bertz CT molecular complexity index is 883. The van der Waals surface area contributed by atoms with Crippen molar-refractivity contribution in [3.63, 3.8) is 0 Å². The van der Waals surface area contributed by atoms with Gasteiger partial charge in [-0.3, -0.25) is 13.9 Å². The molecule has 0 bridgehead atoms. The summed E-state index contributed by atoms with van der Waals surface area (Å²) in [6, 6.07) is 7.13. The van der Waals surface area contributed by atoms with Gasteiger partial charge < -0.3 is 16.0 Å². The highest BCUT2D eigenvalue weighted by atomic mass is 32.2. The molecule has 1 aromatic carbocycles. The summed E-state index contributed by atoms with van der Waals surface area (Å²) in [4.78, 5) is 25.6. The van der Waals surface area contributed by atoms with E-state index in [0.29, 0.717) is 31.7 Å². The number of carbonyl (C=O) groups is 2. The molecule has 3 N–H and O–H groups in total. The number of amides is 2. The fourth-order valence-corrected chi connectivity index (χ4v) is 5.48. The Kier molecular flexibility index (Phi) is 7.49. The lowest BCUT2D eigenvalue weighted by Crippen LogP contribution is -2.42. The third-order valence-corrected chi connectivity index (χ3v) is 7.44. The monoisotopic (exact) mass is 434 g/mol. The van der Waals surface area contributed by atoms with Gasteiger partial charge in [0.2, 0.25) is 21.8 Å². The first-order valence-electron chi connectivity index (χ1n) is 10.4. The van der Waals surface area contributed by atoms with Crippen molar-refractivity contribution in [2.75, 3.05) is 42.8 Å². The second kappa shape index (κ2) is 10.1. The molecule has 1 atom stereocenters. The van der Waals surface area contributed by atoms with Gasteiger partial charge in [-0.1, -0.05) is 12.1 Å².